The van der Waals surface area contributed by atoms with E-state index in [9.17, 15) is 4.79 Å². The van der Waals surface area contributed by atoms with Crippen LogP contribution >= 0.6 is 23.4 Å². The van der Waals surface area contributed by atoms with E-state index < -0.39 is 0 Å². The minimum atomic E-state index is -0.0635. The third kappa shape index (κ3) is 4.74. The van der Waals surface area contributed by atoms with E-state index in [-0.39, 0.29) is 11.7 Å². The highest BCUT2D eigenvalue weighted by Gasteiger charge is 2.19. The Balaban J connectivity index is 1.56. The van der Waals surface area contributed by atoms with Gasteiger partial charge in [-0.15, -0.1) is 0 Å². The molecule has 0 aliphatic rings. The van der Waals surface area contributed by atoms with Gasteiger partial charge in [0.25, 0.3) is 0 Å². The lowest BCUT2D eigenvalue weighted by molar-refractivity contribution is -0.118. The molecule has 1 amide bonds. The van der Waals surface area contributed by atoms with Crippen LogP contribution in [0.1, 0.15) is 17.0 Å². The van der Waals surface area contributed by atoms with E-state index in [4.69, 9.17) is 26.4 Å². The number of methoxy groups -OCH3 is 1. The zero-order chi connectivity index (χ0) is 22.7. The van der Waals surface area contributed by atoms with Gasteiger partial charge in [0, 0.05) is 22.8 Å². The van der Waals surface area contributed by atoms with Crippen molar-refractivity contribution in [1.82, 2.24) is 19.9 Å². The van der Waals surface area contributed by atoms with Gasteiger partial charge in [-0.3, -0.25) is 4.79 Å². The molecule has 1 N–H and O–H groups in total. The van der Waals surface area contributed by atoms with E-state index >= 15 is 0 Å². The van der Waals surface area contributed by atoms with Gasteiger partial charge in [-0.2, -0.15) is 5.10 Å². The first-order valence-corrected chi connectivity index (χ1v) is 11.5. The third-order valence-electron chi connectivity index (χ3n) is 4.97. The van der Waals surface area contributed by atoms with Gasteiger partial charge in [-0.05, 0) is 43.7 Å². The van der Waals surface area contributed by atoms with E-state index in [1.165, 1.54) is 11.8 Å². The maximum absolute atomic E-state index is 12.4. The number of nitrogens with zero attached hydrogens (tertiary/aromatic N) is 3. The van der Waals surface area contributed by atoms with Gasteiger partial charge in [0.1, 0.15) is 10.8 Å². The van der Waals surface area contributed by atoms with E-state index in [1.807, 2.05) is 68.4 Å². The summed E-state index contributed by atoms with van der Waals surface area (Å²) in [5.41, 5.74) is 5.28. The van der Waals surface area contributed by atoms with Crippen molar-refractivity contribution in [2.45, 2.75) is 25.4 Å². The number of fused-ring (bicyclic) bond motifs is 1. The lowest BCUT2D eigenvalue weighted by Gasteiger charge is -2.09. The minimum Gasteiger partial charge on any atom is -0.496 e. The molecule has 32 heavy (non-hydrogen) atoms. The number of hydrogen-bond acceptors (Lipinski definition) is 5. The number of rotatable bonds is 7. The number of amides is 1. The zero-order valence-electron chi connectivity index (χ0n) is 18.1. The van der Waals surface area contributed by atoms with Crippen LogP contribution in [-0.4, -0.2) is 33.4 Å². The number of carbonyl (C=O) groups is 1. The number of nitrogens with one attached hydrogen (secondary N) is 1. The summed E-state index contributed by atoms with van der Waals surface area (Å²) < 4.78 is 7.36. The van der Waals surface area contributed by atoms with Crippen LogP contribution < -0.4 is 10.1 Å². The lowest BCUT2D eigenvalue weighted by atomic mass is 10.1. The number of thioether (sulfide) groups is 1. The maximum Gasteiger partial charge on any atom is 0.230 e. The van der Waals surface area contributed by atoms with Crippen LogP contribution in [0.5, 0.6) is 5.75 Å². The molecule has 0 aliphatic carbocycles. The van der Waals surface area contributed by atoms with Gasteiger partial charge in [-0.1, -0.05) is 53.7 Å². The molecule has 4 rings (SSSR count). The van der Waals surface area contributed by atoms with Crippen molar-refractivity contribution in [2.75, 3.05) is 12.9 Å². The second-order valence-corrected chi connectivity index (χ2v) is 8.76. The van der Waals surface area contributed by atoms with E-state index in [0.717, 1.165) is 44.5 Å². The number of aromatic nitrogens is 3. The summed E-state index contributed by atoms with van der Waals surface area (Å²) in [4.78, 5) is 17.2. The van der Waals surface area contributed by atoms with Crippen molar-refractivity contribution < 1.29 is 9.53 Å². The Morgan fingerprint density at radius 3 is 2.75 bits per heavy atom. The molecule has 0 aliphatic heterocycles. The fourth-order valence-electron chi connectivity index (χ4n) is 3.52. The zero-order valence-corrected chi connectivity index (χ0v) is 19.6. The Morgan fingerprint density at radius 1 is 1.16 bits per heavy atom. The summed E-state index contributed by atoms with van der Waals surface area (Å²) in [6.07, 6.45) is 0. The van der Waals surface area contributed by atoms with Gasteiger partial charge >= 0.3 is 0 Å². The van der Waals surface area contributed by atoms with Crippen molar-refractivity contribution in [3.8, 4) is 16.9 Å². The largest absolute Gasteiger partial charge is 0.496 e. The van der Waals surface area contributed by atoms with E-state index in [0.29, 0.717) is 11.6 Å². The van der Waals surface area contributed by atoms with Crippen molar-refractivity contribution >= 4 is 34.9 Å². The maximum atomic E-state index is 12.4. The molecule has 0 atom stereocenters. The molecule has 2 aromatic heterocycles. The van der Waals surface area contributed by atoms with Gasteiger partial charge in [-0.25, -0.2) is 9.50 Å². The first-order chi connectivity index (χ1) is 15.5. The number of aryl methyl sites for hydroxylation is 2. The fourth-order valence-corrected chi connectivity index (χ4v) is 4.62. The number of para-hydroxylation sites is 1. The summed E-state index contributed by atoms with van der Waals surface area (Å²) in [6.45, 7) is 4.33. The van der Waals surface area contributed by atoms with Gasteiger partial charge < -0.3 is 10.1 Å². The van der Waals surface area contributed by atoms with Crippen LogP contribution in [0.25, 0.3) is 16.8 Å². The summed E-state index contributed by atoms with van der Waals surface area (Å²) in [7, 11) is 1.65. The van der Waals surface area contributed by atoms with Crippen molar-refractivity contribution in [1.29, 1.82) is 0 Å². The number of ether oxygens (including phenoxy) is 1. The summed E-state index contributed by atoms with van der Waals surface area (Å²) in [6, 6.07) is 17.2. The molecule has 0 bridgehead atoms. The molecule has 0 unspecified atom stereocenters. The van der Waals surface area contributed by atoms with Crippen LogP contribution in [0.2, 0.25) is 5.02 Å². The quantitative estimate of drug-likeness (QED) is 0.303. The summed E-state index contributed by atoms with van der Waals surface area (Å²) in [5.74, 6) is 0.969. The highest BCUT2D eigenvalue weighted by molar-refractivity contribution is 7.99. The smallest absolute Gasteiger partial charge is 0.230 e. The topological polar surface area (TPSA) is 68.5 Å². The summed E-state index contributed by atoms with van der Waals surface area (Å²) >= 11 is 7.44. The molecule has 0 saturated heterocycles. The molecular weight excluding hydrogens is 444 g/mol. The molecule has 0 fully saturated rings. The van der Waals surface area contributed by atoms with Gasteiger partial charge in [0.15, 0.2) is 5.65 Å². The number of hydrogen-bond donors (Lipinski definition) is 1. The molecule has 0 spiro atoms. The molecule has 4 aromatic rings. The Hall–Kier alpha value is -3.03. The standard InChI is InChI=1S/C24H23ClN4O2S/c1-15-11-22(32-14-21(30)26-13-17-7-6-8-18(25)12-17)29-24(27-15)23(16(2)28-29)19-9-4-5-10-20(19)31-3/h4-12H,13-14H2,1-3H3,(H,26,30). The number of halogens is 1. The SMILES string of the molecule is COc1ccccc1-c1c(C)nn2c(SCC(=O)NCc3cccc(Cl)c3)cc(C)nc12. The predicted octanol–water partition coefficient (Wildman–Crippen LogP) is 5.08. The minimum absolute atomic E-state index is 0.0635. The molecule has 8 heteroatoms. The Labute approximate surface area is 196 Å². The molecule has 2 heterocycles. The molecule has 2 aromatic carbocycles. The number of carbonyl (C=O) groups excluding carboxylic acids is 1. The third-order valence-corrected chi connectivity index (χ3v) is 6.19. The van der Waals surface area contributed by atoms with Gasteiger partial charge in [0.2, 0.25) is 5.91 Å². The lowest BCUT2D eigenvalue weighted by Crippen LogP contribution is -2.24. The number of benzene rings is 2. The monoisotopic (exact) mass is 466 g/mol. The fraction of sp³-hybridized carbons (Fsp3) is 0.208. The van der Waals surface area contributed by atoms with Crippen LogP contribution in [0.15, 0.2) is 59.6 Å². The normalized spacial score (nSPS) is 11.0. The molecule has 6 nitrogen and oxygen atoms in total. The Kier molecular flexibility index (Phi) is 6.67. The second kappa shape index (κ2) is 9.63. The highest BCUT2D eigenvalue weighted by atomic mass is 35.5. The van der Waals surface area contributed by atoms with Crippen LogP contribution in [0, 0.1) is 13.8 Å². The average molecular weight is 467 g/mol. The van der Waals surface area contributed by atoms with E-state index in [2.05, 4.69) is 5.32 Å². The molecule has 0 saturated carbocycles. The Morgan fingerprint density at radius 2 is 1.97 bits per heavy atom. The first-order valence-electron chi connectivity index (χ1n) is 10.1. The molecule has 0 radical (unpaired) electrons. The average Bonchev–Trinajstić information content (AvgIpc) is 3.11. The van der Waals surface area contributed by atoms with E-state index in [1.54, 1.807) is 11.6 Å². The first kappa shape index (κ1) is 22.2. The molecular formula is C24H23ClN4O2S. The second-order valence-electron chi connectivity index (χ2n) is 7.33. The van der Waals surface area contributed by atoms with Gasteiger partial charge in [0.05, 0.1) is 24.1 Å². The van der Waals surface area contributed by atoms with Crippen molar-refractivity contribution in [2.24, 2.45) is 0 Å². The van der Waals surface area contributed by atoms with Crippen molar-refractivity contribution in [3.63, 3.8) is 0 Å². The predicted molar refractivity (Wildman–Crippen MR) is 128 cm³/mol. The van der Waals surface area contributed by atoms with Crippen LogP contribution in [-0.2, 0) is 11.3 Å². The summed E-state index contributed by atoms with van der Waals surface area (Å²) in [5, 5.41) is 9.16. The molecule has 164 valence electrons. The van der Waals surface area contributed by atoms with Crippen LogP contribution in [0.4, 0.5) is 0 Å². The Bertz CT molecular complexity index is 1290. The van der Waals surface area contributed by atoms with Crippen molar-refractivity contribution in [3.05, 3.63) is 76.6 Å². The van der Waals surface area contributed by atoms with Crippen LogP contribution in [0.3, 0.4) is 0 Å². The highest BCUT2D eigenvalue weighted by Crippen LogP contribution is 2.35.